The number of ether oxygens (including phenoxy) is 2. The van der Waals surface area contributed by atoms with Crippen molar-refractivity contribution in [3.8, 4) is 11.5 Å². The molecule has 0 amide bonds. The summed E-state index contributed by atoms with van der Waals surface area (Å²) in [5.41, 5.74) is 5.51. The summed E-state index contributed by atoms with van der Waals surface area (Å²) in [6.07, 6.45) is 1.57. The van der Waals surface area contributed by atoms with Crippen molar-refractivity contribution >= 4 is 29.0 Å². The van der Waals surface area contributed by atoms with E-state index in [0.29, 0.717) is 5.69 Å². The monoisotopic (exact) mass is 360 g/mol. The van der Waals surface area contributed by atoms with Crippen LogP contribution in [0.3, 0.4) is 0 Å². The maximum Gasteiger partial charge on any atom is 0.337 e. The molecule has 0 unspecified atom stereocenters. The van der Waals surface area contributed by atoms with E-state index >= 15 is 0 Å². The number of hydrogen-bond donors (Lipinski definition) is 2. The standard InChI is InChI=1S/C18H17ClN2O4/c1-11(2-3-12-4-7-16-17(8-12)25-10-24-16)20-21-13-5-6-15(19)14(9-13)18(22)23/h4-9,21H,2-3,10H2,1H3,(H,22,23). The van der Waals surface area contributed by atoms with Crippen LogP contribution < -0.4 is 14.9 Å². The lowest BCUT2D eigenvalue weighted by Crippen LogP contribution is -2.02. The number of halogens is 1. The third-order valence-corrected chi connectivity index (χ3v) is 4.11. The number of carbonyl (C=O) groups is 1. The predicted molar refractivity (Wildman–Crippen MR) is 96.0 cm³/mol. The number of anilines is 1. The molecule has 130 valence electrons. The van der Waals surface area contributed by atoms with Gasteiger partial charge in [0.25, 0.3) is 0 Å². The second-order valence-electron chi connectivity index (χ2n) is 5.65. The number of hydrogen-bond acceptors (Lipinski definition) is 5. The van der Waals surface area contributed by atoms with Crippen LogP contribution in [-0.4, -0.2) is 23.6 Å². The molecule has 0 aromatic heterocycles. The maximum atomic E-state index is 11.1. The smallest absolute Gasteiger partial charge is 0.337 e. The summed E-state index contributed by atoms with van der Waals surface area (Å²) < 4.78 is 10.7. The highest BCUT2D eigenvalue weighted by atomic mass is 35.5. The van der Waals surface area contributed by atoms with Crippen molar-refractivity contribution in [3.05, 3.63) is 52.5 Å². The Kier molecular flexibility index (Phi) is 5.09. The molecule has 0 saturated heterocycles. The lowest BCUT2D eigenvalue weighted by atomic mass is 10.1. The zero-order valence-corrected chi connectivity index (χ0v) is 14.3. The number of carboxylic acids is 1. The molecule has 6 nitrogen and oxygen atoms in total. The Bertz CT molecular complexity index is 836. The van der Waals surface area contributed by atoms with Crippen LogP contribution in [0.2, 0.25) is 5.02 Å². The van der Waals surface area contributed by atoms with E-state index in [1.807, 2.05) is 25.1 Å². The van der Waals surface area contributed by atoms with Crippen LogP contribution in [0.5, 0.6) is 11.5 Å². The van der Waals surface area contributed by atoms with E-state index in [-0.39, 0.29) is 17.4 Å². The molecule has 0 bridgehead atoms. The van der Waals surface area contributed by atoms with Crippen molar-refractivity contribution in [1.82, 2.24) is 0 Å². The number of aryl methyl sites for hydroxylation is 1. The third kappa shape index (κ3) is 4.22. The van der Waals surface area contributed by atoms with E-state index in [2.05, 4.69) is 10.5 Å². The van der Waals surface area contributed by atoms with Crippen LogP contribution in [0.15, 0.2) is 41.5 Å². The van der Waals surface area contributed by atoms with Crippen molar-refractivity contribution < 1.29 is 19.4 Å². The maximum absolute atomic E-state index is 11.1. The van der Waals surface area contributed by atoms with E-state index in [4.69, 9.17) is 26.2 Å². The fourth-order valence-electron chi connectivity index (χ4n) is 2.40. The van der Waals surface area contributed by atoms with E-state index in [9.17, 15) is 4.79 Å². The van der Waals surface area contributed by atoms with Gasteiger partial charge in [-0.15, -0.1) is 0 Å². The van der Waals surface area contributed by atoms with Gasteiger partial charge in [-0.25, -0.2) is 4.79 Å². The molecule has 7 heteroatoms. The fourth-order valence-corrected chi connectivity index (χ4v) is 2.59. The summed E-state index contributed by atoms with van der Waals surface area (Å²) in [5, 5.41) is 13.6. The number of nitrogens with zero attached hydrogens (tertiary/aromatic N) is 1. The van der Waals surface area contributed by atoms with Crippen LogP contribution in [0, 0.1) is 0 Å². The summed E-state index contributed by atoms with van der Waals surface area (Å²) >= 11 is 5.85. The van der Waals surface area contributed by atoms with E-state index in [1.54, 1.807) is 6.07 Å². The van der Waals surface area contributed by atoms with Crippen LogP contribution in [0.4, 0.5) is 5.69 Å². The van der Waals surface area contributed by atoms with Gasteiger partial charge in [0.05, 0.1) is 16.3 Å². The van der Waals surface area contributed by atoms with Gasteiger partial charge in [-0.3, -0.25) is 5.43 Å². The molecule has 1 aliphatic rings. The minimum Gasteiger partial charge on any atom is -0.478 e. The number of nitrogens with one attached hydrogen (secondary N) is 1. The van der Waals surface area contributed by atoms with Gasteiger partial charge in [-0.2, -0.15) is 5.10 Å². The topological polar surface area (TPSA) is 80.2 Å². The second-order valence-corrected chi connectivity index (χ2v) is 6.05. The molecular formula is C18H17ClN2O4. The first kappa shape index (κ1) is 17.1. The number of hydrazone groups is 1. The molecule has 3 rings (SSSR count). The summed E-state index contributed by atoms with van der Waals surface area (Å²) in [6, 6.07) is 10.6. The van der Waals surface area contributed by atoms with Gasteiger partial charge in [0.2, 0.25) is 6.79 Å². The summed E-state index contributed by atoms with van der Waals surface area (Å²) in [4.78, 5) is 11.1. The normalized spacial score (nSPS) is 13.0. The Hall–Kier alpha value is -2.73. The first-order valence-corrected chi connectivity index (χ1v) is 8.11. The number of carboxylic acid groups (broad SMARTS) is 1. The number of benzene rings is 2. The minimum atomic E-state index is -1.07. The zero-order valence-electron chi connectivity index (χ0n) is 13.6. The highest BCUT2D eigenvalue weighted by Gasteiger charge is 2.13. The first-order valence-electron chi connectivity index (χ1n) is 7.73. The van der Waals surface area contributed by atoms with Crippen LogP contribution in [0.1, 0.15) is 29.3 Å². The molecule has 25 heavy (non-hydrogen) atoms. The van der Waals surface area contributed by atoms with Gasteiger partial charge in [0.15, 0.2) is 11.5 Å². The summed E-state index contributed by atoms with van der Waals surface area (Å²) in [7, 11) is 0. The van der Waals surface area contributed by atoms with Crippen LogP contribution in [0.25, 0.3) is 0 Å². The van der Waals surface area contributed by atoms with Gasteiger partial charge in [0.1, 0.15) is 0 Å². The quantitative estimate of drug-likeness (QED) is 0.596. The van der Waals surface area contributed by atoms with Gasteiger partial charge < -0.3 is 14.6 Å². The number of rotatable bonds is 6. The van der Waals surface area contributed by atoms with Crippen LogP contribution in [-0.2, 0) is 6.42 Å². The Morgan fingerprint density at radius 1 is 1.24 bits per heavy atom. The molecule has 2 N–H and O–H groups in total. The number of aromatic carboxylic acids is 1. The van der Waals surface area contributed by atoms with Gasteiger partial charge in [0, 0.05) is 5.71 Å². The van der Waals surface area contributed by atoms with E-state index in [1.165, 1.54) is 12.1 Å². The summed E-state index contributed by atoms with van der Waals surface area (Å²) in [5.74, 6) is 0.470. The van der Waals surface area contributed by atoms with E-state index < -0.39 is 5.97 Å². The molecule has 1 aliphatic heterocycles. The number of fused-ring (bicyclic) bond motifs is 1. The molecule has 0 atom stereocenters. The Labute approximate surface area is 150 Å². The molecule has 2 aromatic carbocycles. The van der Waals surface area contributed by atoms with Crippen molar-refractivity contribution in [2.45, 2.75) is 19.8 Å². The molecule has 0 saturated carbocycles. The molecule has 0 spiro atoms. The Morgan fingerprint density at radius 3 is 2.84 bits per heavy atom. The predicted octanol–water partition coefficient (Wildman–Crippen LogP) is 4.19. The average Bonchev–Trinajstić information content (AvgIpc) is 3.06. The molecule has 2 aromatic rings. The summed E-state index contributed by atoms with van der Waals surface area (Å²) in [6.45, 7) is 2.18. The molecule has 0 aliphatic carbocycles. The second kappa shape index (κ2) is 7.44. The van der Waals surface area contributed by atoms with Gasteiger partial charge in [-0.1, -0.05) is 17.7 Å². The minimum absolute atomic E-state index is 0.0416. The molecular weight excluding hydrogens is 344 g/mol. The SMILES string of the molecule is CC(CCc1ccc2c(c1)OCO2)=NNc1ccc(Cl)c(C(=O)O)c1. The van der Waals surface area contributed by atoms with Crippen LogP contribution >= 0.6 is 11.6 Å². The van der Waals surface area contributed by atoms with E-state index in [0.717, 1.165) is 35.6 Å². The third-order valence-electron chi connectivity index (χ3n) is 3.79. The van der Waals surface area contributed by atoms with Crippen molar-refractivity contribution in [3.63, 3.8) is 0 Å². The van der Waals surface area contributed by atoms with Gasteiger partial charge >= 0.3 is 5.97 Å². The molecule has 1 heterocycles. The lowest BCUT2D eigenvalue weighted by molar-refractivity contribution is 0.0697. The fraction of sp³-hybridized carbons (Fsp3) is 0.222. The van der Waals surface area contributed by atoms with Crippen molar-refractivity contribution in [2.75, 3.05) is 12.2 Å². The zero-order chi connectivity index (χ0) is 17.8. The Morgan fingerprint density at radius 2 is 2.04 bits per heavy atom. The van der Waals surface area contributed by atoms with Crippen molar-refractivity contribution in [2.24, 2.45) is 5.10 Å². The molecule has 0 fully saturated rings. The largest absolute Gasteiger partial charge is 0.478 e. The lowest BCUT2D eigenvalue weighted by Gasteiger charge is -2.06. The van der Waals surface area contributed by atoms with Crippen molar-refractivity contribution in [1.29, 1.82) is 0 Å². The Balaban J connectivity index is 1.59. The molecule has 0 radical (unpaired) electrons. The highest BCUT2D eigenvalue weighted by Crippen LogP contribution is 2.32. The van der Waals surface area contributed by atoms with Gasteiger partial charge in [-0.05, 0) is 55.7 Å². The first-order chi connectivity index (χ1) is 12.0. The average molecular weight is 361 g/mol. The highest BCUT2D eigenvalue weighted by molar-refractivity contribution is 6.33.